The molecule has 0 amide bonds. The van der Waals surface area contributed by atoms with Gasteiger partial charge in [0.1, 0.15) is 104 Å². The predicted molar refractivity (Wildman–Crippen MR) is 420 cm³/mol. The van der Waals surface area contributed by atoms with Crippen LogP contribution in [-0.2, 0) is 197 Å². The highest BCUT2D eigenvalue weighted by molar-refractivity contribution is 7.89. The molecule has 0 spiro atoms. The molecule has 0 radical (unpaired) electrons. The molecule has 6 aromatic rings. The normalized spacial score (nSPS) is 30.0. The lowest BCUT2D eigenvalue weighted by atomic mass is 9.93. The molecule has 5 aliphatic heterocycles. The van der Waals surface area contributed by atoms with Crippen LogP contribution in [0.3, 0.4) is 0 Å². The molecule has 0 bridgehead atoms. The van der Waals surface area contributed by atoms with Crippen molar-refractivity contribution >= 4 is 65.9 Å². The first kappa shape index (κ1) is 98.8. The van der Waals surface area contributed by atoms with Gasteiger partial charge in [0, 0.05) is 21.8 Å². The van der Waals surface area contributed by atoms with Crippen molar-refractivity contribution < 1.29 is 183 Å². The highest BCUT2D eigenvalue weighted by Gasteiger charge is 2.62. The minimum Gasteiger partial charge on any atom is -0.479 e. The van der Waals surface area contributed by atoms with Crippen molar-refractivity contribution in [1.29, 1.82) is 0 Å². The maximum atomic E-state index is 14.5. The lowest BCUT2D eigenvalue weighted by Crippen LogP contribution is -2.69. The molecule has 5 heterocycles. The Balaban J connectivity index is 1.02. The lowest BCUT2D eigenvalue weighted by Gasteiger charge is -2.51. The van der Waals surface area contributed by atoms with E-state index in [1.807, 2.05) is 0 Å². The second-order valence-corrected chi connectivity index (χ2v) is 32.6. The van der Waals surface area contributed by atoms with Crippen molar-refractivity contribution in [3.05, 3.63) is 247 Å². The number of hydrogen-bond acceptors (Lipinski definition) is 38. The summed E-state index contributed by atoms with van der Waals surface area (Å²) in [6, 6.07) is 42.2. The van der Waals surface area contributed by atoms with E-state index >= 15 is 0 Å². The molecule has 10 unspecified atom stereocenters. The third kappa shape index (κ3) is 28.9. The van der Waals surface area contributed by atoms with Crippen LogP contribution in [0.2, 0.25) is 0 Å². The van der Waals surface area contributed by atoms with E-state index < -0.39 is 253 Å². The second kappa shape index (κ2) is 47.2. The number of rotatable bonds is 47. The van der Waals surface area contributed by atoms with Gasteiger partial charge in [-0.2, -0.15) is 33.7 Å². The van der Waals surface area contributed by atoms with Gasteiger partial charge >= 0.3 is 53.5 Å². The van der Waals surface area contributed by atoms with Crippen LogP contribution in [0.1, 0.15) is 33.4 Å². The molecule has 5 fully saturated rings. The van der Waals surface area contributed by atoms with Crippen LogP contribution in [0, 0.1) is 0 Å². The predicted octanol–water partition coefficient (Wildman–Crippen LogP) is 6.53. The Morgan fingerprint density at radius 1 is 0.362 bits per heavy atom. The van der Waals surface area contributed by atoms with Crippen molar-refractivity contribution in [1.82, 2.24) is 0 Å². The summed E-state index contributed by atoms with van der Waals surface area (Å²) in [5, 5.41) is 48.2. The maximum absolute atomic E-state index is 14.5. The van der Waals surface area contributed by atoms with Gasteiger partial charge in [-0.25, -0.2) is 31.6 Å². The number of carboxylic acids is 2. The van der Waals surface area contributed by atoms with Crippen LogP contribution in [0.4, 0.5) is 0 Å². The summed E-state index contributed by atoms with van der Waals surface area (Å²) in [6.45, 7) is -6.72. The van der Waals surface area contributed by atoms with Crippen molar-refractivity contribution in [2.75, 3.05) is 26.9 Å². The van der Waals surface area contributed by atoms with E-state index in [2.05, 4.69) is 39.4 Å². The molecular weight excluding hydrogens is 1800 g/mol. The molecule has 5 saturated heterocycles. The smallest absolute Gasteiger partial charge is 0.397 e. The summed E-state index contributed by atoms with van der Waals surface area (Å²) in [5.41, 5.74) is 33.5. The average Bonchev–Trinajstić information content (AvgIpc) is 0.753. The third-order valence-corrected chi connectivity index (χ3v) is 21.8. The zero-order valence-corrected chi connectivity index (χ0v) is 69.9. The number of aliphatic carboxylic acids is 2. The fourth-order valence-corrected chi connectivity index (χ4v) is 15.9. The number of hydrogen-bond donors (Lipinski definition) is 7. The number of ether oxygens (including phenoxy) is 16. The van der Waals surface area contributed by atoms with Crippen molar-refractivity contribution in [2.45, 2.75) is 193 Å². The molecule has 127 heavy (non-hydrogen) atoms. The van der Waals surface area contributed by atoms with Crippen molar-refractivity contribution in [3.63, 3.8) is 0 Å². The van der Waals surface area contributed by atoms with Gasteiger partial charge in [0.05, 0.1) is 59.5 Å². The Kier molecular flexibility index (Phi) is 36.7. The Bertz CT molecular complexity index is 5130. The number of carbonyl (C=O) groups is 2. The molecule has 54 heteroatoms. The van der Waals surface area contributed by atoms with E-state index in [4.69, 9.17) is 96.7 Å². The highest BCUT2D eigenvalue weighted by Crippen LogP contribution is 2.43. The molecule has 690 valence electrons. The zero-order valence-electron chi connectivity index (χ0n) is 65.8. The van der Waals surface area contributed by atoms with Gasteiger partial charge in [0.15, 0.2) is 62.1 Å². The van der Waals surface area contributed by atoms with Crippen molar-refractivity contribution in [3.8, 4) is 0 Å². The SMILES string of the molecule is CO[C@@H]1OC(COS(=O)(=O)O)[C@H](O[C@@H]2OC(C(=O)O)[C@H](O[C@@H]3OC(COS(=O)(=O)O)[C@H](O[C@@H]4OC(C(=O)O)[C@H](O[C@@H]5OC(COS(=O)(=O)O)[C@H](OCc6ccccc6)[C@H](OCc6ccccc6)C5N=[N+]=[N-])[C@H](OCc5ccccc5)C4OCc4ccccc4)C(OSOOO)[C@H]3N=[N+]=[N-])[C@@H](OCc3ccccc3)C2OS(=O)(=O)O)C(OCc2ccccc2)[C@H]1N=[N+]=[N-]. The molecule has 49 nitrogen and oxygen atoms in total. The van der Waals surface area contributed by atoms with Gasteiger partial charge in [0.2, 0.25) is 0 Å². The summed E-state index contributed by atoms with van der Waals surface area (Å²) in [4.78, 5) is 37.6. The van der Waals surface area contributed by atoms with E-state index in [9.17, 15) is 93.5 Å². The van der Waals surface area contributed by atoms with E-state index in [0.717, 1.165) is 7.11 Å². The molecule has 0 aliphatic carbocycles. The maximum Gasteiger partial charge on any atom is 0.397 e. The number of nitrogens with zero attached hydrogens (tertiary/aromatic N) is 9. The van der Waals surface area contributed by atoms with Gasteiger partial charge in [-0.1, -0.05) is 202 Å². The molecule has 7 N–H and O–H groups in total. The molecule has 5 aliphatic rings. The van der Waals surface area contributed by atoms with Crippen LogP contribution in [-0.4, -0.2) is 260 Å². The number of carboxylic acid groups (broad SMARTS) is 2. The highest BCUT2D eigenvalue weighted by atomic mass is 32.3. The number of azide groups is 3. The quantitative estimate of drug-likeness (QED) is 0.00312. The van der Waals surface area contributed by atoms with Gasteiger partial charge < -0.3 is 86.0 Å². The summed E-state index contributed by atoms with van der Waals surface area (Å²) >= 11 is -0.346. The lowest BCUT2D eigenvalue weighted by molar-refractivity contribution is -0.435. The Morgan fingerprint density at radius 2 is 0.646 bits per heavy atom. The monoisotopic (exact) mass is 1890 g/mol. The number of methoxy groups -OCH3 is 1. The minimum absolute atomic E-state index is 0.197. The van der Waals surface area contributed by atoms with Gasteiger partial charge in [-0.05, 0) is 50.0 Å². The van der Waals surface area contributed by atoms with Gasteiger partial charge in [0.25, 0.3) is 0 Å². The largest absolute Gasteiger partial charge is 0.479 e. The molecule has 6 aromatic carbocycles. The standard InChI is InChI=1S/C73H83N9O40S5/c1-100-69-50(77-80-74)57(103-34-43-24-12-4-13-25-43)54(48(110-69)39-108-125(91,92)93)113-73-66(120-127(97,98)99)60(105-36-45-28-16-6-17-29-45)62(64(118-73)68(85)86)116-71-52(79-82-76)58(119-123-122-121-87)55(49(112-71)40-109-126(94,95)96)114-72-65(106-37-46-30-18-7-19-31-46)59(104-35-44-26-14-5-15-27-44)61(63(117-72)67(83)84)115-70-51(78-81-75)56(102-33-42-22-10-3-11-23-42)53(47(111-70)38-107-124(88,89)90)101-32-41-20-8-2-9-21-41/h2-31,47-66,69-73,87H,32-40H2,1H3,(H,83,84)(H,85,86)(H,88,89,90)(H,91,92,93)(H,94,95,96)(H,97,98,99)/t47?,48?,49?,50-,51?,52-,53+,54+,55+,56-,57?,58?,59+,60-,61-,62-,63?,64?,65?,66?,69-,70+,71+,72-,73-/m1/s1. The van der Waals surface area contributed by atoms with Crippen LogP contribution in [0.5, 0.6) is 0 Å². The Morgan fingerprint density at radius 3 is 0.976 bits per heavy atom. The Hall–Kier alpha value is -8.78. The van der Waals surface area contributed by atoms with Crippen molar-refractivity contribution in [2.24, 2.45) is 15.3 Å². The summed E-state index contributed by atoms with van der Waals surface area (Å²) < 4.78 is 276. The first-order valence-corrected chi connectivity index (χ1v) is 43.8. The Labute approximate surface area is 727 Å². The van der Waals surface area contributed by atoms with Crippen LogP contribution in [0.15, 0.2) is 197 Å². The number of benzene rings is 6. The molecule has 0 aromatic heterocycles. The zero-order chi connectivity index (χ0) is 90.8. The van der Waals surface area contributed by atoms with Crippen LogP contribution >= 0.6 is 12.3 Å². The van der Waals surface area contributed by atoms with Crippen LogP contribution < -0.4 is 0 Å². The topological polar surface area (TPSA) is 671 Å². The van der Waals surface area contributed by atoms with E-state index in [-0.39, 0.29) is 31.1 Å². The first-order valence-electron chi connectivity index (χ1n) is 37.7. The average molecular weight is 1890 g/mol. The van der Waals surface area contributed by atoms with E-state index in [1.54, 1.807) is 158 Å². The second-order valence-electron chi connectivity index (χ2n) is 27.8. The van der Waals surface area contributed by atoms with Gasteiger partial charge in [-0.3, -0.25) is 22.4 Å². The third-order valence-electron chi connectivity index (χ3n) is 19.6. The minimum atomic E-state index is -5.99. The van der Waals surface area contributed by atoms with Crippen LogP contribution in [0.25, 0.3) is 31.3 Å². The molecule has 0 saturated carbocycles. The summed E-state index contributed by atoms with van der Waals surface area (Å²) in [7, 11) is -21.4. The van der Waals surface area contributed by atoms with E-state index in [0.29, 0.717) is 27.8 Å². The van der Waals surface area contributed by atoms with Gasteiger partial charge in [-0.15, -0.1) is 4.33 Å². The molecule has 11 rings (SSSR count). The fourth-order valence-electron chi connectivity index (χ4n) is 14.2. The summed E-state index contributed by atoms with van der Waals surface area (Å²) in [5.74, 6) is -4.08. The molecular formula is C73H83N9O40S5. The van der Waals surface area contributed by atoms with E-state index in [1.165, 1.54) is 24.3 Å². The first-order chi connectivity index (χ1) is 60.9. The molecule has 25 atom stereocenters. The summed E-state index contributed by atoms with van der Waals surface area (Å²) in [6.07, 6.45) is -48.9. The fraction of sp³-hybridized carbons (Fsp3) is 0.479.